The molecule has 0 atom stereocenters. The van der Waals surface area contributed by atoms with Crippen molar-refractivity contribution < 1.29 is 23.7 Å². The second-order valence-electron chi connectivity index (χ2n) is 8.00. The van der Waals surface area contributed by atoms with Crippen LogP contribution in [-0.2, 0) is 13.1 Å². The molecule has 7 heteroatoms. The summed E-state index contributed by atoms with van der Waals surface area (Å²) < 4.78 is 22.8. The van der Waals surface area contributed by atoms with Crippen LogP contribution in [0.5, 0.6) is 23.0 Å². The average molecular weight is 444 g/mol. The zero-order valence-electron chi connectivity index (χ0n) is 18.8. The number of allylic oxidation sites excluding steroid dienone is 1. The van der Waals surface area contributed by atoms with Crippen LogP contribution in [0, 0.1) is 6.92 Å². The highest BCUT2D eigenvalue weighted by Crippen LogP contribution is 2.43. The van der Waals surface area contributed by atoms with E-state index in [1.54, 1.807) is 32.6 Å². The number of benzene rings is 2. The number of carbonyl (C=O) groups is 1. The molecule has 0 unspecified atom stereocenters. The Hall–Kier alpha value is -3.84. The molecule has 3 aromatic rings. The highest BCUT2D eigenvalue weighted by atomic mass is 16.5. The Morgan fingerprint density at radius 1 is 1.12 bits per heavy atom. The lowest BCUT2D eigenvalue weighted by molar-refractivity contribution is 0.0865. The van der Waals surface area contributed by atoms with Gasteiger partial charge in [-0.2, -0.15) is 0 Å². The van der Waals surface area contributed by atoms with Gasteiger partial charge >= 0.3 is 0 Å². The van der Waals surface area contributed by atoms with Crippen molar-refractivity contribution in [1.82, 2.24) is 9.88 Å². The SMILES string of the molecule is COc1ccc(/C=C2\Oc3c(cc4c(c3C)OCN(Cc3ccccn3)C4)C2=O)c(OC)c1. The van der Waals surface area contributed by atoms with Crippen molar-refractivity contribution in [1.29, 1.82) is 0 Å². The number of rotatable bonds is 5. The Morgan fingerprint density at radius 3 is 2.76 bits per heavy atom. The van der Waals surface area contributed by atoms with Gasteiger partial charge in [-0.3, -0.25) is 14.7 Å². The minimum atomic E-state index is -0.157. The number of carbonyl (C=O) groups excluding carboxylic acids is 1. The van der Waals surface area contributed by atoms with Crippen LogP contribution in [0.4, 0.5) is 0 Å². The molecule has 0 saturated heterocycles. The zero-order chi connectivity index (χ0) is 22.9. The van der Waals surface area contributed by atoms with Gasteiger partial charge in [0.2, 0.25) is 5.78 Å². The van der Waals surface area contributed by atoms with Crippen LogP contribution in [0.1, 0.15) is 32.7 Å². The van der Waals surface area contributed by atoms with Gasteiger partial charge in [0.05, 0.1) is 25.5 Å². The van der Waals surface area contributed by atoms with E-state index in [-0.39, 0.29) is 11.5 Å². The van der Waals surface area contributed by atoms with Gasteiger partial charge in [0, 0.05) is 42.0 Å². The normalized spacial score (nSPS) is 16.1. The van der Waals surface area contributed by atoms with Crippen LogP contribution in [-0.4, -0.2) is 36.6 Å². The molecular formula is C26H24N2O5. The van der Waals surface area contributed by atoms with Crippen molar-refractivity contribution in [3.8, 4) is 23.0 Å². The zero-order valence-corrected chi connectivity index (χ0v) is 18.8. The summed E-state index contributed by atoms with van der Waals surface area (Å²) in [4.78, 5) is 19.8. The average Bonchev–Trinajstić information content (AvgIpc) is 3.15. The van der Waals surface area contributed by atoms with Crippen LogP contribution in [0.2, 0.25) is 0 Å². The van der Waals surface area contributed by atoms with Crippen LogP contribution >= 0.6 is 0 Å². The van der Waals surface area contributed by atoms with Crippen molar-refractivity contribution >= 4 is 11.9 Å². The maximum Gasteiger partial charge on any atom is 0.231 e. The number of hydrogen-bond acceptors (Lipinski definition) is 7. The van der Waals surface area contributed by atoms with E-state index in [0.29, 0.717) is 42.6 Å². The standard InChI is InChI=1S/C26H24N2O5/c1-16-25-18(13-28(15-32-25)14-19-6-4-5-9-27-19)10-21-24(29)23(33-26(16)21)11-17-7-8-20(30-2)12-22(17)31-3/h4-12H,13-15H2,1-3H3/b23-11-. The number of pyridine rings is 1. The molecule has 0 aliphatic carbocycles. The molecule has 2 aliphatic heterocycles. The van der Waals surface area contributed by atoms with Crippen molar-refractivity contribution in [3.63, 3.8) is 0 Å². The fourth-order valence-electron chi connectivity index (χ4n) is 4.20. The highest BCUT2D eigenvalue weighted by molar-refractivity contribution is 6.15. The molecule has 1 aromatic heterocycles. The lowest BCUT2D eigenvalue weighted by atomic mass is 10.00. The highest BCUT2D eigenvalue weighted by Gasteiger charge is 2.33. The molecule has 0 N–H and O–H groups in total. The lowest BCUT2D eigenvalue weighted by Gasteiger charge is -2.30. The number of methoxy groups -OCH3 is 2. The molecule has 7 nitrogen and oxygen atoms in total. The van der Waals surface area contributed by atoms with E-state index < -0.39 is 0 Å². The molecule has 0 radical (unpaired) electrons. The maximum absolute atomic E-state index is 13.2. The molecule has 2 aliphatic rings. The molecule has 2 aromatic carbocycles. The third-order valence-electron chi connectivity index (χ3n) is 5.84. The van der Waals surface area contributed by atoms with Gasteiger partial charge in [-0.15, -0.1) is 0 Å². The van der Waals surface area contributed by atoms with Gasteiger partial charge in [0.15, 0.2) is 5.76 Å². The number of fused-ring (bicyclic) bond motifs is 2. The minimum absolute atomic E-state index is 0.157. The first-order valence-electron chi connectivity index (χ1n) is 10.6. The van der Waals surface area contributed by atoms with E-state index in [1.165, 1.54) is 0 Å². The van der Waals surface area contributed by atoms with Crippen molar-refractivity contribution in [2.75, 3.05) is 21.0 Å². The number of Topliss-reactive ketones (excluding diaryl/α,β-unsaturated/α-hetero) is 1. The van der Waals surface area contributed by atoms with Gasteiger partial charge in [0.1, 0.15) is 29.7 Å². The minimum Gasteiger partial charge on any atom is -0.497 e. The smallest absolute Gasteiger partial charge is 0.231 e. The first kappa shape index (κ1) is 21.0. The molecule has 0 saturated carbocycles. The summed E-state index contributed by atoms with van der Waals surface area (Å²) >= 11 is 0. The number of ether oxygens (including phenoxy) is 4. The van der Waals surface area contributed by atoms with Crippen LogP contribution in [0.3, 0.4) is 0 Å². The fourth-order valence-corrected chi connectivity index (χ4v) is 4.20. The van der Waals surface area contributed by atoms with Crippen LogP contribution in [0.15, 0.2) is 54.4 Å². The number of nitrogens with zero attached hydrogens (tertiary/aromatic N) is 2. The Kier molecular flexibility index (Phi) is 5.48. The van der Waals surface area contributed by atoms with E-state index >= 15 is 0 Å². The van der Waals surface area contributed by atoms with E-state index in [4.69, 9.17) is 18.9 Å². The van der Waals surface area contributed by atoms with Crippen LogP contribution < -0.4 is 18.9 Å². The molecule has 0 fully saturated rings. The number of hydrogen-bond donors (Lipinski definition) is 0. The molecule has 0 bridgehead atoms. The van der Waals surface area contributed by atoms with Crippen LogP contribution in [0.25, 0.3) is 6.08 Å². The molecule has 5 rings (SSSR count). The summed E-state index contributed by atoms with van der Waals surface area (Å²) in [5, 5.41) is 0. The third kappa shape index (κ3) is 3.91. The van der Waals surface area contributed by atoms with Gasteiger partial charge < -0.3 is 18.9 Å². The first-order valence-corrected chi connectivity index (χ1v) is 10.6. The summed E-state index contributed by atoms with van der Waals surface area (Å²) in [5.74, 6) is 2.70. The first-order chi connectivity index (χ1) is 16.1. The monoisotopic (exact) mass is 444 g/mol. The molecule has 0 spiro atoms. The van der Waals surface area contributed by atoms with Gasteiger partial charge in [-0.1, -0.05) is 6.07 Å². The van der Waals surface area contributed by atoms with E-state index in [9.17, 15) is 4.79 Å². The summed E-state index contributed by atoms with van der Waals surface area (Å²) in [6, 6.07) is 13.2. The molecule has 3 heterocycles. The molecule has 0 amide bonds. The largest absolute Gasteiger partial charge is 0.497 e. The topological polar surface area (TPSA) is 70.1 Å². The number of aromatic nitrogens is 1. The van der Waals surface area contributed by atoms with Gasteiger partial charge in [-0.05, 0) is 43.3 Å². The Labute approximate surface area is 192 Å². The van der Waals surface area contributed by atoms with E-state index in [0.717, 1.165) is 28.1 Å². The fraction of sp³-hybridized carbons (Fsp3) is 0.231. The Bertz CT molecular complexity index is 1250. The Balaban J connectivity index is 1.43. The summed E-state index contributed by atoms with van der Waals surface area (Å²) in [7, 11) is 3.17. The summed E-state index contributed by atoms with van der Waals surface area (Å²) in [6.45, 7) is 3.71. The van der Waals surface area contributed by atoms with Crippen molar-refractivity contribution in [3.05, 3.63) is 82.4 Å². The van der Waals surface area contributed by atoms with E-state index in [2.05, 4.69) is 9.88 Å². The predicted molar refractivity (Wildman–Crippen MR) is 123 cm³/mol. The Morgan fingerprint density at radius 2 is 2.00 bits per heavy atom. The quantitative estimate of drug-likeness (QED) is 0.541. The second kappa shape index (κ2) is 8.60. The molecule has 33 heavy (non-hydrogen) atoms. The second-order valence-corrected chi connectivity index (χ2v) is 8.00. The molecule has 168 valence electrons. The lowest BCUT2D eigenvalue weighted by Crippen LogP contribution is -2.32. The molecular weight excluding hydrogens is 420 g/mol. The van der Waals surface area contributed by atoms with Gasteiger partial charge in [-0.25, -0.2) is 0 Å². The van der Waals surface area contributed by atoms with Crippen molar-refractivity contribution in [2.45, 2.75) is 20.0 Å². The number of ketones is 1. The van der Waals surface area contributed by atoms with Gasteiger partial charge in [0.25, 0.3) is 0 Å². The summed E-state index contributed by atoms with van der Waals surface area (Å²) in [5.41, 5.74) is 4.05. The summed E-state index contributed by atoms with van der Waals surface area (Å²) in [6.07, 6.45) is 3.49. The third-order valence-corrected chi connectivity index (χ3v) is 5.84. The maximum atomic E-state index is 13.2. The van der Waals surface area contributed by atoms with E-state index in [1.807, 2.05) is 43.3 Å². The predicted octanol–water partition coefficient (Wildman–Crippen LogP) is 4.38. The van der Waals surface area contributed by atoms with Crippen molar-refractivity contribution in [2.24, 2.45) is 0 Å².